The molecule has 0 spiro atoms. The molecule has 0 radical (unpaired) electrons. The third-order valence-corrected chi connectivity index (χ3v) is 3.65. The van der Waals surface area contributed by atoms with Crippen molar-refractivity contribution in [1.82, 2.24) is 5.43 Å². The minimum atomic E-state index is -0.582. The maximum absolute atomic E-state index is 11.8. The predicted octanol–water partition coefficient (Wildman–Crippen LogP) is 2.05. The first kappa shape index (κ1) is 16.9. The van der Waals surface area contributed by atoms with Crippen LogP contribution in [0.5, 0.6) is 0 Å². The maximum Gasteiger partial charge on any atom is 0.350 e. The number of nitrogens with two attached hydrogens (primary N) is 2. The number of nitrogens with one attached hydrogen (secondary N) is 1. The van der Waals surface area contributed by atoms with Gasteiger partial charge >= 0.3 is 6.03 Å². The topological polar surface area (TPSA) is 101 Å². The number of nitrogens with zero attached hydrogens (tertiary/aromatic N) is 2. The standard InChI is InChI=1S/C16H23N5O2/c1-4-12-6-5-7-14(21(18)16(22)19-17)15(12)20(3)10-13-9-8-11(2)23-13/h5-9H,4,10,17-18H2,1-3H3,(H,19,22). The van der Waals surface area contributed by atoms with E-state index in [0.29, 0.717) is 12.2 Å². The van der Waals surface area contributed by atoms with Crippen LogP contribution in [0.2, 0.25) is 0 Å². The molecule has 2 aromatic rings. The average Bonchev–Trinajstić information content (AvgIpc) is 2.97. The van der Waals surface area contributed by atoms with Crippen molar-refractivity contribution in [3.05, 3.63) is 47.4 Å². The van der Waals surface area contributed by atoms with Gasteiger partial charge in [-0.25, -0.2) is 21.5 Å². The maximum atomic E-state index is 11.8. The van der Waals surface area contributed by atoms with E-state index in [9.17, 15) is 4.79 Å². The van der Waals surface area contributed by atoms with E-state index in [1.807, 2.05) is 48.6 Å². The first-order chi connectivity index (χ1) is 11.0. The SMILES string of the molecule is CCc1cccc(N(N)C(=O)NN)c1N(C)Cc1ccc(C)o1. The number of hydrogen-bond donors (Lipinski definition) is 3. The van der Waals surface area contributed by atoms with Gasteiger partial charge in [-0.15, -0.1) is 0 Å². The van der Waals surface area contributed by atoms with Crippen LogP contribution in [-0.2, 0) is 13.0 Å². The van der Waals surface area contributed by atoms with Crippen molar-refractivity contribution in [3.8, 4) is 0 Å². The van der Waals surface area contributed by atoms with Gasteiger partial charge in [0.05, 0.1) is 17.9 Å². The zero-order chi connectivity index (χ0) is 17.0. The number of rotatable bonds is 5. The summed E-state index contributed by atoms with van der Waals surface area (Å²) in [4.78, 5) is 13.8. The van der Waals surface area contributed by atoms with Crippen molar-refractivity contribution >= 4 is 17.4 Å². The second-order valence-corrected chi connectivity index (χ2v) is 5.33. The summed E-state index contributed by atoms with van der Waals surface area (Å²) in [6.07, 6.45) is 0.808. The number of carbonyl (C=O) groups is 1. The number of hydrazine groups is 2. The van der Waals surface area contributed by atoms with Crippen molar-refractivity contribution in [3.63, 3.8) is 0 Å². The minimum Gasteiger partial charge on any atom is -0.464 e. The normalized spacial score (nSPS) is 10.5. The van der Waals surface area contributed by atoms with Crippen molar-refractivity contribution in [2.75, 3.05) is 17.0 Å². The quantitative estimate of drug-likeness (QED) is 0.445. The Labute approximate surface area is 135 Å². The number of para-hydroxylation sites is 1. The van der Waals surface area contributed by atoms with E-state index in [2.05, 4.69) is 6.92 Å². The van der Waals surface area contributed by atoms with Crippen LogP contribution in [0.15, 0.2) is 34.7 Å². The van der Waals surface area contributed by atoms with E-state index < -0.39 is 6.03 Å². The molecule has 0 atom stereocenters. The Morgan fingerprint density at radius 2 is 2.04 bits per heavy atom. The molecule has 5 N–H and O–H groups in total. The second kappa shape index (κ2) is 7.17. The van der Waals surface area contributed by atoms with E-state index in [4.69, 9.17) is 16.1 Å². The number of amides is 2. The Morgan fingerprint density at radius 3 is 2.61 bits per heavy atom. The lowest BCUT2D eigenvalue weighted by Gasteiger charge is -2.28. The number of anilines is 2. The smallest absolute Gasteiger partial charge is 0.350 e. The largest absolute Gasteiger partial charge is 0.464 e. The highest BCUT2D eigenvalue weighted by Crippen LogP contribution is 2.33. The Hall–Kier alpha value is -2.51. The molecule has 1 aromatic heterocycles. The lowest BCUT2D eigenvalue weighted by Crippen LogP contribution is -2.48. The number of urea groups is 1. The van der Waals surface area contributed by atoms with Crippen molar-refractivity contribution < 1.29 is 9.21 Å². The number of furan rings is 1. The lowest BCUT2D eigenvalue weighted by molar-refractivity contribution is 0.246. The van der Waals surface area contributed by atoms with E-state index in [0.717, 1.165) is 34.2 Å². The summed E-state index contributed by atoms with van der Waals surface area (Å²) < 4.78 is 5.63. The number of benzene rings is 1. The molecule has 0 saturated heterocycles. The molecule has 0 aliphatic carbocycles. The van der Waals surface area contributed by atoms with Crippen LogP contribution in [-0.4, -0.2) is 13.1 Å². The Kier molecular flexibility index (Phi) is 5.25. The van der Waals surface area contributed by atoms with Crippen LogP contribution in [0.1, 0.15) is 24.0 Å². The molecule has 0 saturated carbocycles. The van der Waals surface area contributed by atoms with E-state index >= 15 is 0 Å². The first-order valence-electron chi connectivity index (χ1n) is 7.41. The Morgan fingerprint density at radius 1 is 1.30 bits per heavy atom. The van der Waals surface area contributed by atoms with Gasteiger partial charge in [-0.1, -0.05) is 19.1 Å². The number of carbonyl (C=O) groups excluding carboxylic acids is 1. The Bertz CT molecular complexity index is 683. The van der Waals surface area contributed by atoms with E-state index in [1.54, 1.807) is 6.07 Å². The van der Waals surface area contributed by atoms with Gasteiger partial charge in [-0.2, -0.15) is 0 Å². The molecule has 1 aromatic carbocycles. The van der Waals surface area contributed by atoms with Gasteiger partial charge in [0.25, 0.3) is 0 Å². The summed E-state index contributed by atoms with van der Waals surface area (Å²) in [6, 6.07) is 8.94. The molecule has 0 unspecified atom stereocenters. The molecule has 0 fully saturated rings. The molecule has 124 valence electrons. The van der Waals surface area contributed by atoms with E-state index in [-0.39, 0.29) is 0 Å². The highest BCUT2D eigenvalue weighted by molar-refractivity contribution is 5.94. The molecule has 2 amide bonds. The summed E-state index contributed by atoms with van der Waals surface area (Å²) >= 11 is 0. The third-order valence-electron chi connectivity index (χ3n) is 3.65. The van der Waals surface area contributed by atoms with Crippen LogP contribution in [0.25, 0.3) is 0 Å². The Balaban J connectivity index is 2.39. The number of hydrogen-bond acceptors (Lipinski definition) is 5. The molecule has 7 nitrogen and oxygen atoms in total. The van der Waals surface area contributed by atoms with Crippen LogP contribution in [0.3, 0.4) is 0 Å². The average molecular weight is 317 g/mol. The molecule has 1 heterocycles. The van der Waals surface area contributed by atoms with Crippen LogP contribution in [0, 0.1) is 6.92 Å². The summed E-state index contributed by atoms with van der Waals surface area (Å²) in [7, 11) is 1.93. The van der Waals surface area contributed by atoms with E-state index in [1.165, 1.54) is 0 Å². The zero-order valence-electron chi connectivity index (χ0n) is 13.7. The van der Waals surface area contributed by atoms with Gasteiger partial charge in [0.15, 0.2) is 0 Å². The van der Waals surface area contributed by atoms with Crippen LogP contribution in [0.4, 0.5) is 16.2 Å². The molecule has 2 rings (SSSR count). The van der Waals surface area contributed by atoms with Gasteiger partial charge in [-0.3, -0.25) is 5.43 Å². The lowest BCUT2D eigenvalue weighted by atomic mass is 10.1. The second-order valence-electron chi connectivity index (χ2n) is 5.33. The molecular weight excluding hydrogens is 294 g/mol. The molecule has 0 aliphatic heterocycles. The predicted molar refractivity (Wildman–Crippen MR) is 90.8 cm³/mol. The summed E-state index contributed by atoms with van der Waals surface area (Å²) in [6.45, 7) is 4.52. The van der Waals surface area contributed by atoms with Crippen molar-refractivity contribution in [2.45, 2.75) is 26.8 Å². The van der Waals surface area contributed by atoms with Crippen LogP contribution >= 0.6 is 0 Å². The highest BCUT2D eigenvalue weighted by atomic mass is 16.3. The molecule has 0 bridgehead atoms. The fourth-order valence-electron chi connectivity index (χ4n) is 2.56. The first-order valence-corrected chi connectivity index (χ1v) is 7.41. The molecular formula is C16H23N5O2. The number of aryl methyl sites for hydroxylation is 2. The summed E-state index contributed by atoms with van der Waals surface area (Å²) in [5.74, 6) is 12.8. The summed E-state index contributed by atoms with van der Waals surface area (Å²) in [5.41, 5.74) is 4.57. The third kappa shape index (κ3) is 3.64. The molecule has 7 heteroatoms. The van der Waals surface area contributed by atoms with Gasteiger partial charge in [0.1, 0.15) is 11.5 Å². The van der Waals surface area contributed by atoms with Crippen molar-refractivity contribution in [2.24, 2.45) is 11.7 Å². The fraction of sp³-hybridized carbons (Fsp3) is 0.312. The van der Waals surface area contributed by atoms with Crippen LogP contribution < -0.4 is 27.0 Å². The summed E-state index contributed by atoms with van der Waals surface area (Å²) in [5, 5.41) is 1.01. The minimum absolute atomic E-state index is 0.565. The zero-order valence-corrected chi connectivity index (χ0v) is 13.7. The molecule has 0 aliphatic rings. The monoisotopic (exact) mass is 317 g/mol. The van der Waals surface area contributed by atoms with Gasteiger partial charge in [-0.05, 0) is 37.1 Å². The van der Waals surface area contributed by atoms with Gasteiger partial charge < -0.3 is 9.32 Å². The molecule has 23 heavy (non-hydrogen) atoms. The highest BCUT2D eigenvalue weighted by Gasteiger charge is 2.20. The van der Waals surface area contributed by atoms with Crippen molar-refractivity contribution in [1.29, 1.82) is 0 Å². The fourth-order valence-corrected chi connectivity index (χ4v) is 2.56. The van der Waals surface area contributed by atoms with Gasteiger partial charge in [0.2, 0.25) is 0 Å². The van der Waals surface area contributed by atoms with Gasteiger partial charge in [0, 0.05) is 7.05 Å².